The molecule has 0 unspecified atom stereocenters. The predicted molar refractivity (Wildman–Crippen MR) is 323 cm³/mol. The summed E-state index contributed by atoms with van der Waals surface area (Å²) in [6.45, 7) is 0. The number of benzene rings is 13. The van der Waals surface area contributed by atoms with Gasteiger partial charge in [0.15, 0.2) is 0 Å². The van der Waals surface area contributed by atoms with Crippen LogP contribution in [0.5, 0.6) is 0 Å². The summed E-state index contributed by atoms with van der Waals surface area (Å²) in [6, 6.07) is 111. The average Bonchev–Trinajstić information content (AvgIpc) is 3.87. The summed E-state index contributed by atoms with van der Waals surface area (Å²) in [7, 11) is 0. The van der Waals surface area contributed by atoms with Crippen LogP contribution in [-0.4, -0.2) is 4.57 Å². The van der Waals surface area contributed by atoms with Gasteiger partial charge in [-0.2, -0.15) is 0 Å². The second-order valence-corrected chi connectivity index (χ2v) is 19.6. The summed E-state index contributed by atoms with van der Waals surface area (Å²) in [5.41, 5.74) is 21.1. The van der Waals surface area contributed by atoms with Gasteiger partial charge in [0.25, 0.3) is 0 Å². The van der Waals surface area contributed by atoms with Crippen LogP contribution in [0.15, 0.2) is 303 Å². The Kier molecular flexibility index (Phi) is 11.2. The zero-order chi connectivity index (χ0) is 50.4. The van der Waals surface area contributed by atoms with Gasteiger partial charge >= 0.3 is 0 Å². The van der Waals surface area contributed by atoms with E-state index in [2.05, 4.69) is 313 Å². The molecule has 0 spiro atoms. The lowest BCUT2D eigenvalue weighted by atomic mass is 9.87. The van der Waals surface area contributed by atoms with E-state index in [0.29, 0.717) is 0 Å². The minimum absolute atomic E-state index is 1.08. The largest absolute Gasteiger partial charge is 0.311 e. The Morgan fingerprint density at radius 1 is 0.211 bits per heavy atom. The minimum atomic E-state index is 1.08. The van der Waals surface area contributed by atoms with Gasteiger partial charge in [-0.05, 0) is 155 Å². The second-order valence-electron chi connectivity index (χ2n) is 19.6. The summed E-state index contributed by atoms with van der Waals surface area (Å²) in [5.74, 6) is 0. The Hall–Kier alpha value is -10.0. The topological polar surface area (TPSA) is 8.17 Å². The average molecular weight is 967 g/mol. The van der Waals surface area contributed by atoms with Gasteiger partial charge in [0.05, 0.1) is 11.0 Å². The Bertz CT molecular complexity index is 4360. The molecule has 0 atom stereocenters. The number of fused-ring (bicyclic) bond motifs is 6. The molecule has 0 saturated carbocycles. The minimum Gasteiger partial charge on any atom is -0.311 e. The van der Waals surface area contributed by atoms with Crippen LogP contribution in [-0.2, 0) is 0 Å². The number of nitrogens with zero attached hydrogens (tertiary/aromatic N) is 2. The number of hydrogen-bond donors (Lipinski definition) is 0. The maximum absolute atomic E-state index is 2.37. The first-order valence-corrected chi connectivity index (χ1v) is 26.2. The van der Waals surface area contributed by atoms with Gasteiger partial charge in [-0.25, -0.2) is 0 Å². The maximum Gasteiger partial charge on any atom is 0.0541 e. The third kappa shape index (κ3) is 8.01. The van der Waals surface area contributed by atoms with Gasteiger partial charge in [0.1, 0.15) is 0 Å². The highest BCUT2D eigenvalue weighted by Crippen LogP contribution is 2.44. The van der Waals surface area contributed by atoms with Crippen LogP contribution in [0.3, 0.4) is 0 Å². The summed E-state index contributed by atoms with van der Waals surface area (Å²) < 4.78 is 2.37. The molecule has 2 nitrogen and oxygen atoms in total. The van der Waals surface area contributed by atoms with Crippen molar-refractivity contribution in [2.75, 3.05) is 4.90 Å². The standard InChI is InChI=1S/C74H50N2/c1-2-16-54(17-3-1)64-20-6-8-22-67(64)69-24-10-11-25-70(69)68-23-9-7-21-65(68)56-38-47-61(48-39-56)75(60-43-36-53(37-44-60)57-40-49-66-58(50-57)31-30-55-18-4-5-19-63(55)66)59-41-32-51(33-42-59)52-34-45-62(46-35-52)76-73-28-14-12-26-71(73)72-27-13-15-29-74(72)76/h1-50H. The molecule has 13 aromatic carbocycles. The van der Waals surface area contributed by atoms with Crippen molar-refractivity contribution in [3.8, 4) is 72.4 Å². The first-order chi connectivity index (χ1) is 37.7. The van der Waals surface area contributed by atoms with Crippen LogP contribution in [0.4, 0.5) is 17.1 Å². The molecule has 0 aliphatic carbocycles. The molecule has 0 amide bonds. The highest BCUT2D eigenvalue weighted by molar-refractivity contribution is 6.10. The van der Waals surface area contributed by atoms with Crippen LogP contribution in [0.1, 0.15) is 0 Å². The van der Waals surface area contributed by atoms with E-state index in [1.165, 1.54) is 99.0 Å². The number of para-hydroxylation sites is 2. The Balaban J connectivity index is 0.820. The molecule has 356 valence electrons. The molecule has 0 N–H and O–H groups in total. The van der Waals surface area contributed by atoms with Crippen LogP contribution in [0, 0.1) is 0 Å². The van der Waals surface area contributed by atoms with E-state index in [1.54, 1.807) is 0 Å². The van der Waals surface area contributed by atoms with Gasteiger partial charge in [-0.3, -0.25) is 0 Å². The van der Waals surface area contributed by atoms with Crippen molar-refractivity contribution < 1.29 is 0 Å². The molecule has 0 aliphatic rings. The van der Waals surface area contributed by atoms with Gasteiger partial charge < -0.3 is 9.47 Å². The molecule has 1 aromatic heterocycles. The van der Waals surface area contributed by atoms with Crippen molar-refractivity contribution in [1.82, 2.24) is 4.57 Å². The normalized spacial score (nSPS) is 11.4. The number of hydrogen-bond acceptors (Lipinski definition) is 1. The van der Waals surface area contributed by atoms with E-state index in [1.807, 2.05) is 0 Å². The monoisotopic (exact) mass is 966 g/mol. The summed E-state index contributed by atoms with van der Waals surface area (Å²) in [6.07, 6.45) is 0. The molecular weight excluding hydrogens is 917 g/mol. The highest BCUT2D eigenvalue weighted by Gasteiger charge is 2.18. The van der Waals surface area contributed by atoms with Crippen molar-refractivity contribution in [2.45, 2.75) is 0 Å². The number of rotatable bonds is 10. The first kappa shape index (κ1) is 44.7. The Morgan fingerprint density at radius 2 is 0.566 bits per heavy atom. The van der Waals surface area contributed by atoms with Gasteiger partial charge in [-0.1, -0.05) is 237 Å². The lowest BCUT2D eigenvalue weighted by Crippen LogP contribution is -2.09. The van der Waals surface area contributed by atoms with Crippen molar-refractivity contribution in [2.24, 2.45) is 0 Å². The van der Waals surface area contributed by atoms with E-state index in [4.69, 9.17) is 0 Å². The van der Waals surface area contributed by atoms with Crippen molar-refractivity contribution >= 4 is 60.4 Å². The smallest absolute Gasteiger partial charge is 0.0541 e. The molecular formula is C74H50N2. The molecule has 2 heteroatoms. The van der Waals surface area contributed by atoms with E-state index in [0.717, 1.165) is 33.9 Å². The molecule has 1 heterocycles. The molecule has 0 bridgehead atoms. The third-order valence-corrected chi connectivity index (χ3v) is 15.3. The van der Waals surface area contributed by atoms with Gasteiger partial charge in [0.2, 0.25) is 0 Å². The van der Waals surface area contributed by atoms with Crippen LogP contribution < -0.4 is 4.90 Å². The predicted octanol–water partition coefficient (Wildman–Crippen LogP) is 20.6. The molecule has 0 aliphatic heterocycles. The Morgan fingerprint density at radius 3 is 1.11 bits per heavy atom. The molecule has 0 saturated heterocycles. The van der Waals surface area contributed by atoms with Crippen LogP contribution in [0.2, 0.25) is 0 Å². The summed E-state index contributed by atoms with van der Waals surface area (Å²) in [5, 5.41) is 7.59. The van der Waals surface area contributed by atoms with E-state index < -0.39 is 0 Å². The summed E-state index contributed by atoms with van der Waals surface area (Å²) >= 11 is 0. The van der Waals surface area contributed by atoms with Crippen molar-refractivity contribution in [3.05, 3.63) is 303 Å². The second kappa shape index (κ2) is 19.1. The van der Waals surface area contributed by atoms with Crippen LogP contribution >= 0.6 is 0 Å². The molecule has 14 rings (SSSR count). The zero-order valence-electron chi connectivity index (χ0n) is 41.8. The van der Waals surface area contributed by atoms with Crippen LogP contribution in [0.25, 0.3) is 116 Å². The zero-order valence-corrected chi connectivity index (χ0v) is 41.8. The van der Waals surface area contributed by atoms with Gasteiger partial charge in [-0.15, -0.1) is 0 Å². The third-order valence-electron chi connectivity index (χ3n) is 15.3. The number of anilines is 3. The number of aromatic nitrogens is 1. The van der Waals surface area contributed by atoms with Gasteiger partial charge in [0, 0.05) is 33.5 Å². The molecule has 14 aromatic rings. The lowest BCUT2D eigenvalue weighted by molar-refractivity contribution is 1.18. The van der Waals surface area contributed by atoms with Crippen molar-refractivity contribution in [3.63, 3.8) is 0 Å². The lowest BCUT2D eigenvalue weighted by Gasteiger charge is -2.26. The highest BCUT2D eigenvalue weighted by atomic mass is 15.1. The van der Waals surface area contributed by atoms with E-state index >= 15 is 0 Å². The fraction of sp³-hybridized carbons (Fsp3) is 0. The quantitative estimate of drug-likeness (QED) is 0.124. The molecule has 0 radical (unpaired) electrons. The fourth-order valence-electron chi connectivity index (χ4n) is 11.5. The summed E-state index contributed by atoms with van der Waals surface area (Å²) in [4.78, 5) is 2.37. The SMILES string of the molecule is c1ccc(-c2ccccc2-c2ccccc2-c2ccccc2-c2ccc(N(c3ccc(-c4ccc(-n5c6ccccc6c6ccccc65)cc4)cc3)c3ccc(-c4ccc5c(ccc6ccccc65)c4)cc3)cc2)cc1. The fourth-order valence-corrected chi connectivity index (χ4v) is 11.5. The first-order valence-electron chi connectivity index (χ1n) is 26.2. The van der Waals surface area contributed by atoms with Crippen molar-refractivity contribution in [1.29, 1.82) is 0 Å². The molecule has 0 fully saturated rings. The Labute approximate surface area is 443 Å². The molecule has 76 heavy (non-hydrogen) atoms. The van der Waals surface area contributed by atoms with E-state index in [-0.39, 0.29) is 0 Å². The maximum atomic E-state index is 2.37. The van der Waals surface area contributed by atoms with E-state index in [9.17, 15) is 0 Å².